The fourth-order valence-electron chi connectivity index (χ4n) is 3.21. The Balaban J connectivity index is 1.40. The van der Waals surface area contributed by atoms with Crippen LogP contribution in [-0.2, 0) is 0 Å². The Bertz CT molecular complexity index is 754. The highest BCUT2D eigenvalue weighted by Crippen LogP contribution is 2.10. The van der Waals surface area contributed by atoms with Gasteiger partial charge in [0.15, 0.2) is 11.7 Å². The lowest BCUT2D eigenvalue weighted by Crippen LogP contribution is -2.53. The van der Waals surface area contributed by atoms with E-state index >= 15 is 0 Å². The minimum absolute atomic E-state index is 0.0463. The summed E-state index contributed by atoms with van der Waals surface area (Å²) in [5.41, 5.74) is 0. The first-order chi connectivity index (χ1) is 14.3. The number of furan rings is 1. The molecule has 1 aromatic heterocycles. The molecule has 0 spiro atoms. The second-order valence-corrected chi connectivity index (χ2v) is 6.86. The van der Waals surface area contributed by atoms with E-state index in [1.54, 1.807) is 12.1 Å². The van der Waals surface area contributed by atoms with E-state index in [4.69, 9.17) is 14.1 Å². The van der Waals surface area contributed by atoms with Gasteiger partial charge in [-0.15, -0.1) is 0 Å². The SMILES string of the molecule is CCNC(=NCCCCOc1ccccc1)N1CCN(C(=O)c2ccco2)CC1. The number of guanidine groups is 1. The highest BCUT2D eigenvalue weighted by Gasteiger charge is 2.25. The van der Waals surface area contributed by atoms with Gasteiger partial charge in [0.05, 0.1) is 12.9 Å². The quantitative estimate of drug-likeness (QED) is 0.421. The maximum absolute atomic E-state index is 12.4. The number of para-hydroxylation sites is 1. The van der Waals surface area contributed by atoms with Crippen molar-refractivity contribution in [1.82, 2.24) is 15.1 Å². The molecule has 0 radical (unpaired) electrons. The van der Waals surface area contributed by atoms with Gasteiger partial charge in [-0.05, 0) is 44.0 Å². The third-order valence-electron chi connectivity index (χ3n) is 4.76. The molecule has 1 aliphatic rings. The number of benzene rings is 1. The summed E-state index contributed by atoms with van der Waals surface area (Å²) < 4.78 is 10.9. The summed E-state index contributed by atoms with van der Waals surface area (Å²) in [7, 11) is 0. The summed E-state index contributed by atoms with van der Waals surface area (Å²) in [5, 5.41) is 3.36. The van der Waals surface area contributed by atoms with Crippen molar-refractivity contribution in [3.8, 4) is 5.75 Å². The minimum Gasteiger partial charge on any atom is -0.494 e. The first-order valence-electron chi connectivity index (χ1n) is 10.3. The Labute approximate surface area is 172 Å². The summed E-state index contributed by atoms with van der Waals surface area (Å²) in [5.74, 6) is 2.18. The van der Waals surface area contributed by atoms with Crippen LogP contribution in [0.5, 0.6) is 5.75 Å². The number of piperazine rings is 1. The second-order valence-electron chi connectivity index (χ2n) is 6.86. The van der Waals surface area contributed by atoms with Crippen LogP contribution < -0.4 is 10.1 Å². The lowest BCUT2D eigenvalue weighted by molar-refractivity contribution is 0.0657. The smallest absolute Gasteiger partial charge is 0.289 e. The van der Waals surface area contributed by atoms with Gasteiger partial charge >= 0.3 is 0 Å². The molecule has 2 aromatic rings. The van der Waals surface area contributed by atoms with Gasteiger partial charge in [-0.25, -0.2) is 0 Å². The molecule has 1 aromatic carbocycles. The fraction of sp³-hybridized carbons (Fsp3) is 0.455. The number of unbranched alkanes of at least 4 members (excludes halogenated alkanes) is 1. The normalized spacial score (nSPS) is 14.7. The van der Waals surface area contributed by atoms with Crippen LogP contribution in [0.15, 0.2) is 58.1 Å². The number of rotatable bonds is 8. The molecule has 1 N–H and O–H groups in total. The van der Waals surface area contributed by atoms with Gasteiger partial charge < -0.3 is 24.3 Å². The zero-order valence-corrected chi connectivity index (χ0v) is 17.0. The number of aliphatic imine (C=N–C) groups is 1. The summed E-state index contributed by atoms with van der Waals surface area (Å²) in [6.07, 6.45) is 3.46. The highest BCUT2D eigenvalue weighted by molar-refractivity contribution is 5.91. The lowest BCUT2D eigenvalue weighted by atomic mass is 10.3. The van der Waals surface area contributed by atoms with Crippen LogP contribution >= 0.6 is 0 Å². The van der Waals surface area contributed by atoms with Gasteiger partial charge in [-0.1, -0.05) is 18.2 Å². The molecule has 29 heavy (non-hydrogen) atoms. The first-order valence-corrected chi connectivity index (χ1v) is 10.3. The molecule has 0 saturated carbocycles. The number of nitrogens with one attached hydrogen (secondary N) is 1. The topological polar surface area (TPSA) is 70.3 Å². The monoisotopic (exact) mass is 398 g/mol. The number of ether oxygens (including phenoxy) is 1. The summed E-state index contributed by atoms with van der Waals surface area (Å²) in [6, 6.07) is 13.3. The van der Waals surface area contributed by atoms with E-state index in [1.165, 1.54) is 6.26 Å². The predicted molar refractivity (Wildman–Crippen MR) is 113 cm³/mol. The summed E-state index contributed by atoms with van der Waals surface area (Å²) in [6.45, 7) is 7.19. The zero-order chi connectivity index (χ0) is 20.3. The molecule has 7 nitrogen and oxygen atoms in total. The van der Waals surface area contributed by atoms with Crippen molar-refractivity contribution in [2.75, 3.05) is 45.9 Å². The van der Waals surface area contributed by atoms with E-state index in [0.717, 1.165) is 50.7 Å². The molecule has 0 atom stereocenters. The van der Waals surface area contributed by atoms with Crippen LogP contribution in [0.25, 0.3) is 0 Å². The molecule has 1 fully saturated rings. The van der Waals surface area contributed by atoms with E-state index in [9.17, 15) is 4.79 Å². The van der Waals surface area contributed by atoms with Crippen molar-refractivity contribution >= 4 is 11.9 Å². The number of hydrogen-bond acceptors (Lipinski definition) is 4. The van der Waals surface area contributed by atoms with E-state index in [-0.39, 0.29) is 5.91 Å². The lowest BCUT2D eigenvalue weighted by Gasteiger charge is -2.36. The largest absolute Gasteiger partial charge is 0.494 e. The maximum Gasteiger partial charge on any atom is 0.289 e. The van der Waals surface area contributed by atoms with Gasteiger partial charge in [0.1, 0.15) is 5.75 Å². The maximum atomic E-state index is 12.4. The molecule has 1 amide bonds. The van der Waals surface area contributed by atoms with E-state index < -0.39 is 0 Å². The predicted octanol–water partition coefficient (Wildman–Crippen LogP) is 2.86. The van der Waals surface area contributed by atoms with Crippen LogP contribution in [-0.4, -0.2) is 67.5 Å². The zero-order valence-electron chi connectivity index (χ0n) is 17.0. The molecule has 0 unspecified atom stereocenters. The molecule has 156 valence electrons. The third-order valence-corrected chi connectivity index (χ3v) is 4.76. The molecular formula is C22H30N4O3. The van der Waals surface area contributed by atoms with E-state index in [0.29, 0.717) is 25.5 Å². The molecular weight excluding hydrogens is 368 g/mol. The van der Waals surface area contributed by atoms with Crippen LogP contribution in [0.4, 0.5) is 0 Å². The molecule has 2 heterocycles. The van der Waals surface area contributed by atoms with Gasteiger partial charge in [-0.2, -0.15) is 0 Å². The number of hydrogen-bond donors (Lipinski definition) is 1. The van der Waals surface area contributed by atoms with Gasteiger partial charge in [0.25, 0.3) is 5.91 Å². The molecule has 7 heteroatoms. The number of carbonyl (C=O) groups excluding carboxylic acids is 1. The molecule has 1 saturated heterocycles. The highest BCUT2D eigenvalue weighted by atomic mass is 16.5. The van der Waals surface area contributed by atoms with Crippen molar-refractivity contribution in [1.29, 1.82) is 0 Å². The standard InChI is InChI=1S/C22H30N4O3/c1-2-23-22(24-12-6-7-17-28-19-9-4-3-5-10-19)26-15-13-25(14-16-26)21(27)20-11-8-18-29-20/h3-5,8-11,18H,2,6-7,12-17H2,1H3,(H,23,24). The molecule has 1 aliphatic heterocycles. The van der Waals surface area contributed by atoms with Gasteiger partial charge in [-0.3, -0.25) is 9.79 Å². The van der Waals surface area contributed by atoms with Crippen molar-refractivity contribution in [2.24, 2.45) is 4.99 Å². The van der Waals surface area contributed by atoms with Crippen molar-refractivity contribution < 1.29 is 13.9 Å². The molecule has 3 rings (SSSR count). The Morgan fingerprint density at radius 3 is 2.52 bits per heavy atom. The Morgan fingerprint density at radius 1 is 1.07 bits per heavy atom. The molecule has 0 aliphatic carbocycles. The third kappa shape index (κ3) is 6.27. The number of amides is 1. The van der Waals surface area contributed by atoms with Crippen LogP contribution in [0.2, 0.25) is 0 Å². The Kier molecular flexibility index (Phi) is 7.98. The average Bonchev–Trinajstić information content (AvgIpc) is 3.31. The van der Waals surface area contributed by atoms with Crippen LogP contribution in [0, 0.1) is 0 Å². The number of nitrogens with zero attached hydrogens (tertiary/aromatic N) is 3. The van der Waals surface area contributed by atoms with Crippen LogP contribution in [0.3, 0.4) is 0 Å². The van der Waals surface area contributed by atoms with Crippen molar-refractivity contribution in [3.63, 3.8) is 0 Å². The van der Waals surface area contributed by atoms with Crippen molar-refractivity contribution in [3.05, 3.63) is 54.5 Å². The fourth-order valence-corrected chi connectivity index (χ4v) is 3.21. The van der Waals surface area contributed by atoms with Gasteiger partial charge in [0, 0.05) is 39.3 Å². The van der Waals surface area contributed by atoms with Crippen molar-refractivity contribution in [2.45, 2.75) is 19.8 Å². The Hall–Kier alpha value is -2.96. The first kappa shape index (κ1) is 20.8. The van der Waals surface area contributed by atoms with Crippen LogP contribution in [0.1, 0.15) is 30.3 Å². The number of carbonyl (C=O) groups is 1. The van der Waals surface area contributed by atoms with E-state index in [2.05, 4.69) is 17.1 Å². The van der Waals surface area contributed by atoms with E-state index in [1.807, 2.05) is 35.2 Å². The van der Waals surface area contributed by atoms with Gasteiger partial charge in [0.2, 0.25) is 0 Å². The Morgan fingerprint density at radius 2 is 1.83 bits per heavy atom. The summed E-state index contributed by atoms with van der Waals surface area (Å²) in [4.78, 5) is 21.2. The summed E-state index contributed by atoms with van der Waals surface area (Å²) >= 11 is 0. The average molecular weight is 399 g/mol. The second kappa shape index (κ2) is 11.1. The minimum atomic E-state index is -0.0463. The molecule has 0 bridgehead atoms.